The molecule has 180 valence electrons. The lowest BCUT2D eigenvalue weighted by molar-refractivity contribution is 0.284. The summed E-state index contributed by atoms with van der Waals surface area (Å²) < 4.78 is 28.7. The topological polar surface area (TPSA) is 108 Å². The number of piperazine rings is 1. The molecule has 2 aromatic heterocycles. The van der Waals surface area contributed by atoms with Gasteiger partial charge in [0.25, 0.3) is 0 Å². The first-order valence-electron chi connectivity index (χ1n) is 11.1. The molecule has 1 fully saturated rings. The number of hydrogen-bond acceptors (Lipinski definition) is 8. The van der Waals surface area contributed by atoms with Crippen LogP contribution in [0, 0.1) is 18.6 Å². The van der Waals surface area contributed by atoms with Gasteiger partial charge in [0.05, 0.1) is 18.5 Å². The number of aliphatic hydroxyl groups excluding tert-OH is 1. The van der Waals surface area contributed by atoms with E-state index in [9.17, 15) is 8.78 Å². The summed E-state index contributed by atoms with van der Waals surface area (Å²) in [5.41, 5.74) is 8.26. The zero-order valence-electron chi connectivity index (χ0n) is 19.0. The SMILES string of the molecule is Cc1c(C=CCN2CCN(c3cc(F)cc(F)c3)CC2)cnn1-c1cc(NCCO)nc(N)n1. The Labute approximate surface area is 196 Å². The fourth-order valence-electron chi connectivity index (χ4n) is 3.89. The Hall–Kier alpha value is -3.57. The number of nitrogens with zero attached hydrogens (tertiary/aromatic N) is 6. The van der Waals surface area contributed by atoms with Gasteiger partial charge in [-0.2, -0.15) is 15.1 Å². The lowest BCUT2D eigenvalue weighted by Crippen LogP contribution is -2.46. The number of nitrogens with two attached hydrogens (primary N) is 1. The Bertz CT molecular complexity index is 1140. The molecule has 0 aliphatic carbocycles. The van der Waals surface area contributed by atoms with Gasteiger partial charge < -0.3 is 21.1 Å². The first kappa shape index (κ1) is 23.6. The molecule has 0 unspecified atom stereocenters. The highest BCUT2D eigenvalue weighted by atomic mass is 19.1. The number of aromatic nitrogens is 4. The molecule has 1 aliphatic heterocycles. The van der Waals surface area contributed by atoms with Gasteiger partial charge >= 0.3 is 0 Å². The van der Waals surface area contributed by atoms with Crippen molar-refractivity contribution in [1.82, 2.24) is 24.6 Å². The largest absolute Gasteiger partial charge is 0.395 e. The third kappa shape index (κ3) is 5.67. The molecule has 0 amide bonds. The highest BCUT2D eigenvalue weighted by molar-refractivity contribution is 5.54. The Morgan fingerprint density at radius 3 is 2.53 bits per heavy atom. The number of aliphatic hydroxyl groups is 1. The molecular formula is C23H28F2N8O. The minimum absolute atomic E-state index is 0.0204. The number of hydrogen-bond donors (Lipinski definition) is 3. The average Bonchev–Trinajstić information content (AvgIpc) is 3.17. The van der Waals surface area contributed by atoms with Gasteiger partial charge in [-0.1, -0.05) is 12.2 Å². The van der Waals surface area contributed by atoms with E-state index in [0.717, 1.165) is 37.0 Å². The molecule has 3 heterocycles. The minimum Gasteiger partial charge on any atom is -0.395 e. The van der Waals surface area contributed by atoms with Gasteiger partial charge in [0.15, 0.2) is 5.82 Å². The molecule has 1 aromatic carbocycles. The first-order valence-corrected chi connectivity index (χ1v) is 11.1. The van der Waals surface area contributed by atoms with E-state index in [4.69, 9.17) is 10.8 Å². The second-order valence-corrected chi connectivity index (χ2v) is 8.03. The van der Waals surface area contributed by atoms with Gasteiger partial charge in [-0.25, -0.2) is 13.5 Å². The smallest absolute Gasteiger partial charge is 0.224 e. The molecule has 1 saturated heterocycles. The van der Waals surface area contributed by atoms with Crippen LogP contribution in [0.25, 0.3) is 11.9 Å². The van der Waals surface area contributed by atoms with Crippen LogP contribution in [0.2, 0.25) is 0 Å². The minimum atomic E-state index is -0.557. The molecule has 4 rings (SSSR count). The van der Waals surface area contributed by atoms with Gasteiger partial charge in [0.2, 0.25) is 5.95 Å². The summed E-state index contributed by atoms with van der Waals surface area (Å²) >= 11 is 0. The second kappa shape index (κ2) is 10.6. The Kier molecular flexibility index (Phi) is 7.33. The first-order chi connectivity index (χ1) is 16.4. The highest BCUT2D eigenvalue weighted by Crippen LogP contribution is 2.20. The Balaban J connectivity index is 1.35. The zero-order valence-corrected chi connectivity index (χ0v) is 19.0. The molecular weight excluding hydrogens is 442 g/mol. The van der Waals surface area contributed by atoms with Crippen molar-refractivity contribution in [2.75, 3.05) is 61.8 Å². The van der Waals surface area contributed by atoms with E-state index in [1.165, 1.54) is 12.1 Å². The van der Waals surface area contributed by atoms with Crippen LogP contribution in [0.15, 0.2) is 36.5 Å². The van der Waals surface area contributed by atoms with Crippen molar-refractivity contribution < 1.29 is 13.9 Å². The second-order valence-electron chi connectivity index (χ2n) is 8.03. The number of nitrogen functional groups attached to an aromatic ring is 1. The van der Waals surface area contributed by atoms with Crippen LogP contribution < -0.4 is 16.0 Å². The van der Waals surface area contributed by atoms with Gasteiger partial charge in [0.1, 0.15) is 17.5 Å². The fourth-order valence-corrected chi connectivity index (χ4v) is 3.89. The van der Waals surface area contributed by atoms with Crippen molar-refractivity contribution in [3.8, 4) is 5.82 Å². The number of benzene rings is 1. The molecule has 4 N–H and O–H groups in total. The van der Waals surface area contributed by atoms with Gasteiger partial charge in [-0.15, -0.1) is 0 Å². The standard InChI is InChI=1S/C23H28F2N8O/c1-16-17(15-28-33(16)22-14-21(27-4-10-34)29-23(26)30-22)3-2-5-31-6-8-32(9-7-31)20-12-18(24)11-19(25)13-20/h2-3,11-15,34H,4-10H2,1H3,(H3,26,27,29,30). The van der Waals surface area contributed by atoms with Crippen LogP contribution in [-0.2, 0) is 0 Å². The third-order valence-corrected chi connectivity index (χ3v) is 5.66. The van der Waals surface area contributed by atoms with Crippen molar-refractivity contribution in [3.63, 3.8) is 0 Å². The average molecular weight is 471 g/mol. The normalized spacial score (nSPS) is 14.8. The van der Waals surface area contributed by atoms with Gasteiger partial charge in [-0.3, -0.25) is 4.90 Å². The quantitative estimate of drug-likeness (QED) is 0.459. The van der Waals surface area contributed by atoms with E-state index < -0.39 is 11.6 Å². The van der Waals surface area contributed by atoms with Gasteiger partial charge in [-0.05, 0) is 19.1 Å². The van der Waals surface area contributed by atoms with Crippen molar-refractivity contribution in [2.45, 2.75) is 6.92 Å². The maximum absolute atomic E-state index is 13.5. The molecule has 11 heteroatoms. The number of nitrogens with one attached hydrogen (secondary N) is 1. The van der Waals surface area contributed by atoms with Crippen LogP contribution >= 0.6 is 0 Å². The Morgan fingerprint density at radius 1 is 1.09 bits per heavy atom. The predicted octanol–water partition coefficient (Wildman–Crippen LogP) is 2.07. The van der Waals surface area contributed by atoms with Crippen molar-refractivity contribution in [2.24, 2.45) is 0 Å². The lowest BCUT2D eigenvalue weighted by Gasteiger charge is -2.35. The van der Waals surface area contributed by atoms with Crippen molar-refractivity contribution >= 4 is 23.5 Å². The van der Waals surface area contributed by atoms with E-state index in [1.54, 1.807) is 16.9 Å². The summed E-state index contributed by atoms with van der Waals surface area (Å²) in [7, 11) is 0. The summed E-state index contributed by atoms with van der Waals surface area (Å²) in [6, 6.07) is 5.36. The number of anilines is 3. The molecule has 1 aliphatic rings. The predicted molar refractivity (Wildman–Crippen MR) is 128 cm³/mol. The van der Waals surface area contributed by atoms with E-state index in [2.05, 4.69) is 31.4 Å². The molecule has 0 atom stereocenters. The summed E-state index contributed by atoms with van der Waals surface area (Å²) in [4.78, 5) is 12.7. The summed E-state index contributed by atoms with van der Waals surface area (Å²) in [6.07, 6.45) is 5.86. The molecule has 0 bridgehead atoms. The molecule has 9 nitrogen and oxygen atoms in total. The number of halogens is 2. The monoisotopic (exact) mass is 470 g/mol. The van der Waals surface area contributed by atoms with Gasteiger partial charge in [0, 0.05) is 62.7 Å². The van der Waals surface area contributed by atoms with Crippen molar-refractivity contribution in [3.05, 3.63) is 59.4 Å². The van der Waals surface area contributed by atoms with E-state index in [1.807, 2.05) is 17.9 Å². The summed E-state index contributed by atoms with van der Waals surface area (Å²) in [5.74, 6) is 0.0564. The molecule has 0 radical (unpaired) electrons. The molecule has 0 spiro atoms. The fraction of sp³-hybridized carbons (Fsp3) is 0.348. The highest BCUT2D eigenvalue weighted by Gasteiger charge is 2.17. The molecule has 0 saturated carbocycles. The van der Waals surface area contributed by atoms with E-state index >= 15 is 0 Å². The Morgan fingerprint density at radius 2 is 1.82 bits per heavy atom. The van der Waals surface area contributed by atoms with E-state index in [-0.39, 0.29) is 12.6 Å². The summed E-state index contributed by atoms with van der Waals surface area (Å²) in [5, 5.41) is 16.4. The van der Waals surface area contributed by atoms with Crippen LogP contribution in [0.1, 0.15) is 11.3 Å². The lowest BCUT2D eigenvalue weighted by atomic mass is 10.2. The molecule has 3 aromatic rings. The van der Waals surface area contributed by atoms with Crippen LogP contribution in [0.3, 0.4) is 0 Å². The third-order valence-electron chi connectivity index (χ3n) is 5.66. The van der Waals surface area contributed by atoms with Crippen LogP contribution in [0.5, 0.6) is 0 Å². The maximum Gasteiger partial charge on any atom is 0.224 e. The van der Waals surface area contributed by atoms with E-state index in [0.29, 0.717) is 37.0 Å². The summed E-state index contributed by atoms with van der Waals surface area (Å²) in [6.45, 7) is 6.04. The number of rotatable bonds is 8. The maximum atomic E-state index is 13.5. The van der Waals surface area contributed by atoms with Crippen LogP contribution in [-0.4, -0.2) is 75.6 Å². The van der Waals surface area contributed by atoms with Crippen LogP contribution in [0.4, 0.5) is 26.2 Å². The van der Waals surface area contributed by atoms with Crippen molar-refractivity contribution in [1.29, 1.82) is 0 Å². The zero-order chi connectivity index (χ0) is 24.1. The molecule has 34 heavy (non-hydrogen) atoms.